The number of halogens is 2. The molecule has 0 atom stereocenters. The van der Waals surface area contributed by atoms with E-state index in [0.29, 0.717) is 16.6 Å². The average molecular weight is 379 g/mol. The van der Waals surface area contributed by atoms with E-state index in [-0.39, 0.29) is 11.4 Å². The van der Waals surface area contributed by atoms with Crippen molar-refractivity contribution < 1.29 is 18.7 Å². The predicted octanol–water partition coefficient (Wildman–Crippen LogP) is 3.72. The number of hydrogen-bond donors (Lipinski definition) is 0. The molecular weight excluding hydrogens is 367 g/mol. The highest BCUT2D eigenvalue weighted by Crippen LogP contribution is 2.28. The summed E-state index contributed by atoms with van der Waals surface area (Å²) in [6.45, 7) is 0. The Morgan fingerprint density at radius 1 is 1.22 bits per heavy atom. The van der Waals surface area contributed by atoms with E-state index in [9.17, 15) is 9.18 Å². The number of benzene rings is 2. The molecule has 23 heavy (non-hydrogen) atoms. The number of rotatable bonds is 3. The monoisotopic (exact) mass is 378 g/mol. The minimum atomic E-state index is -0.541. The van der Waals surface area contributed by atoms with Gasteiger partial charge in [0.05, 0.1) is 25.4 Å². The number of esters is 1. The molecule has 0 bridgehead atoms. The molecule has 3 rings (SSSR count). The van der Waals surface area contributed by atoms with Gasteiger partial charge in [0.2, 0.25) is 0 Å². The molecule has 0 fully saturated rings. The number of fused-ring (bicyclic) bond motifs is 1. The highest BCUT2D eigenvalue weighted by molar-refractivity contribution is 9.10. The molecule has 7 heteroatoms. The molecule has 0 aliphatic heterocycles. The van der Waals surface area contributed by atoms with E-state index in [1.165, 1.54) is 26.4 Å². The summed E-state index contributed by atoms with van der Waals surface area (Å²) in [4.78, 5) is 12.0. The van der Waals surface area contributed by atoms with Crippen molar-refractivity contribution in [3.63, 3.8) is 0 Å². The number of methoxy groups -OCH3 is 2. The first-order chi connectivity index (χ1) is 11.0. The first kappa shape index (κ1) is 15.5. The summed E-state index contributed by atoms with van der Waals surface area (Å²) in [5, 5.41) is 4.95. The zero-order chi connectivity index (χ0) is 16.6. The van der Waals surface area contributed by atoms with E-state index < -0.39 is 11.8 Å². The lowest BCUT2D eigenvalue weighted by atomic mass is 10.2. The van der Waals surface area contributed by atoms with Gasteiger partial charge in [0, 0.05) is 15.9 Å². The smallest absolute Gasteiger partial charge is 0.359 e. The lowest BCUT2D eigenvalue weighted by molar-refractivity contribution is 0.0595. The molecular formula is C16H12BrFN2O3. The molecule has 1 heterocycles. The SMILES string of the molecule is COC(=O)c1nn(-c2ccc(F)c(OC)c2)c2ccc(Br)cc12. The van der Waals surface area contributed by atoms with Gasteiger partial charge in [0.1, 0.15) is 0 Å². The number of hydrogen-bond acceptors (Lipinski definition) is 4. The van der Waals surface area contributed by atoms with E-state index in [1.807, 2.05) is 12.1 Å². The van der Waals surface area contributed by atoms with Gasteiger partial charge in [-0.1, -0.05) is 15.9 Å². The van der Waals surface area contributed by atoms with Crippen molar-refractivity contribution in [1.82, 2.24) is 9.78 Å². The van der Waals surface area contributed by atoms with Crippen LogP contribution in [-0.2, 0) is 4.74 Å². The second-order valence-corrected chi connectivity index (χ2v) is 5.65. The van der Waals surface area contributed by atoms with Crippen LogP contribution in [0.15, 0.2) is 40.9 Å². The number of carbonyl (C=O) groups excluding carboxylic acids is 1. The molecule has 118 valence electrons. The first-order valence-electron chi connectivity index (χ1n) is 6.65. The van der Waals surface area contributed by atoms with Crippen molar-refractivity contribution in [2.24, 2.45) is 0 Å². The topological polar surface area (TPSA) is 53.3 Å². The number of carbonyl (C=O) groups is 1. The van der Waals surface area contributed by atoms with Gasteiger partial charge in [-0.15, -0.1) is 0 Å². The van der Waals surface area contributed by atoms with Gasteiger partial charge in [-0.25, -0.2) is 13.9 Å². The maximum atomic E-state index is 13.6. The summed E-state index contributed by atoms with van der Waals surface area (Å²) < 4.78 is 25.7. The molecule has 1 aromatic heterocycles. The fourth-order valence-electron chi connectivity index (χ4n) is 2.31. The molecule has 0 spiro atoms. The Kier molecular flexibility index (Phi) is 4.04. The van der Waals surface area contributed by atoms with E-state index in [2.05, 4.69) is 21.0 Å². The van der Waals surface area contributed by atoms with E-state index in [0.717, 1.165) is 4.47 Å². The Bertz CT molecular complexity index is 908. The quantitative estimate of drug-likeness (QED) is 0.651. The minimum absolute atomic E-state index is 0.0999. The molecule has 0 amide bonds. The fourth-order valence-corrected chi connectivity index (χ4v) is 2.68. The van der Waals surface area contributed by atoms with Crippen molar-refractivity contribution in [3.8, 4) is 11.4 Å². The molecule has 0 N–H and O–H groups in total. The normalized spacial score (nSPS) is 10.8. The largest absolute Gasteiger partial charge is 0.494 e. The third kappa shape index (κ3) is 2.68. The second kappa shape index (κ2) is 6.00. The zero-order valence-electron chi connectivity index (χ0n) is 12.3. The van der Waals surface area contributed by atoms with Gasteiger partial charge in [0.15, 0.2) is 17.3 Å². The van der Waals surface area contributed by atoms with Crippen LogP contribution in [0.2, 0.25) is 0 Å². The number of ether oxygens (including phenoxy) is 2. The van der Waals surface area contributed by atoms with Gasteiger partial charge in [0.25, 0.3) is 0 Å². The molecule has 0 radical (unpaired) electrons. The van der Waals surface area contributed by atoms with Crippen LogP contribution >= 0.6 is 15.9 Å². The Balaban J connectivity index is 2.28. The Morgan fingerprint density at radius 3 is 2.70 bits per heavy atom. The van der Waals surface area contributed by atoms with E-state index in [1.54, 1.807) is 16.8 Å². The summed E-state index contributed by atoms with van der Waals surface area (Å²) in [5.41, 5.74) is 1.46. The summed E-state index contributed by atoms with van der Waals surface area (Å²) in [7, 11) is 2.69. The first-order valence-corrected chi connectivity index (χ1v) is 7.45. The predicted molar refractivity (Wildman–Crippen MR) is 86.6 cm³/mol. The molecule has 0 aliphatic carbocycles. The minimum Gasteiger partial charge on any atom is -0.494 e. The van der Waals surface area contributed by atoms with E-state index >= 15 is 0 Å². The molecule has 0 saturated heterocycles. The highest BCUT2D eigenvalue weighted by atomic mass is 79.9. The van der Waals surface area contributed by atoms with Crippen molar-refractivity contribution in [2.75, 3.05) is 14.2 Å². The molecule has 3 aromatic rings. The number of nitrogens with zero attached hydrogens (tertiary/aromatic N) is 2. The lowest BCUT2D eigenvalue weighted by Gasteiger charge is -2.07. The molecule has 0 unspecified atom stereocenters. The van der Waals surface area contributed by atoms with Crippen molar-refractivity contribution >= 4 is 32.8 Å². The van der Waals surface area contributed by atoms with Gasteiger partial charge in [-0.05, 0) is 30.3 Å². The van der Waals surface area contributed by atoms with Gasteiger partial charge < -0.3 is 9.47 Å². The van der Waals surface area contributed by atoms with Crippen LogP contribution < -0.4 is 4.74 Å². The van der Waals surface area contributed by atoms with Crippen LogP contribution in [0.25, 0.3) is 16.6 Å². The zero-order valence-corrected chi connectivity index (χ0v) is 13.9. The van der Waals surface area contributed by atoms with E-state index in [4.69, 9.17) is 9.47 Å². The van der Waals surface area contributed by atoms with Crippen LogP contribution in [-0.4, -0.2) is 30.0 Å². The van der Waals surface area contributed by atoms with Crippen LogP contribution in [0.4, 0.5) is 4.39 Å². The summed E-state index contributed by atoms with van der Waals surface area (Å²) >= 11 is 3.38. The Labute approximate surface area is 139 Å². The van der Waals surface area contributed by atoms with Crippen LogP contribution in [0.5, 0.6) is 5.75 Å². The highest BCUT2D eigenvalue weighted by Gasteiger charge is 2.19. The van der Waals surface area contributed by atoms with Crippen molar-refractivity contribution in [1.29, 1.82) is 0 Å². The summed E-state index contributed by atoms with van der Waals surface area (Å²) in [5.74, 6) is -0.910. The van der Waals surface area contributed by atoms with Crippen LogP contribution in [0, 0.1) is 5.82 Å². The Hall–Kier alpha value is -2.41. The van der Waals surface area contributed by atoms with Crippen LogP contribution in [0.1, 0.15) is 10.5 Å². The van der Waals surface area contributed by atoms with Gasteiger partial charge in [-0.3, -0.25) is 0 Å². The maximum Gasteiger partial charge on any atom is 0.359 e. The molecule has 0 saturated carbocycles. The fraction of sp³-hybridized carbons (Fsp3) is 0.125. The van der Waals surface area contributed by atoms with Crippen molar-refractivity contribution in [2.45, 2.75) is 0 Å². The summed E-state index contributed by atoms with van der Waals surface area (Å²) in [6, 6.07) is 9.81. The van der Waals surface area contributed by atoms with Gasteiger partial charge in [-0.2, -0.15) is 5.10 Å². The molecule has 2 aromatic carbocycles. The van der Waals surface area contributed by atoms with Gasteiger partial charge >= 0.3 is 5.97 Å². The standard InChI is InChI=1S/C16H12BrFN2O3/c1-22-14-8-10(4-5-12(14)18)20-13-6-3-9(17)7-11(13)15(19-20)16(21)23-2/h3-8H,1-2H3. The third-order valence-corrected chi connectivity index (χ3v) is 3.89. The third-order valence-electron chi connectivity index (χ3n) is 3.40. The van der Waals surface area contributed by atoms with Crippen LogP contribution in [0.3, 0.4) is 0 Å². The second-order valence-electron chi connectivity index (χ2n) is 4.73. The Morgan fingerprint density at radius 2 is 2.00 bits per heavy atom. The average Bonchev–Trinajstić information content (AvgIpc) is 2.93. The van der Waals surface area contributed by atoms with Crippen molar-refractivity contribution in [3.05, 3.63) is 52.4 Å². The lowest BCUT2D eigenvalue weighted by Crippen LogP contribution is -2.04. The maximum absolute atomic E-state index is 13.6. The number of aromatic nitrogens is 2. The summed E-state index contributed by atoms with van der Waals surface area (Å²) in [6.07, 6.45) is 0. The molecule has 0 aliphatic rings. The molecule has 5 nitrogen and oxygen atoms in total.